The van der Waals surface area contributed by atoms with Gasteiger partial charge in [-0.25, -0.2) is 8.42 Å². The van der Waals surface area contributed by atoms with Crippen molar-refractivity contribution in [1.82, 2.24) is 14.5 Å². The van der Waals surface area contributed by atoms with Gasteiger partial charge in [-0.1, -0.05) is 49.6 Å². The molecular weight excluding hydrogens is 362 g/mol. The van der Waals surface area contributed by atoms with E-state index in [0.29, 0.717) is 13.1 Å². The van der Waals surface area contributed by atoms with Crippen LogP contribution in [0.4, 0.5) is 0 Å². The van der Waals surface area contributed by atoms with Crippen LogP contribution < -0.4 is 5.32 Å². The third kappa shape index (κ3) is 6.02. The van der Waals surface area contributed by atoms with Crippen LogP contribution in [-0.2, 0) is 21.4 Å². The first-order valence-electron chi connectivity index (χ1n) is 10.1. The van der Waals surface area contributed by atoms with E-state index in [-0.39, 0.29) is 24.1 Å². The van der Waals surface area contributed by atoms with Crippen LogP contribution in [0.2, 0.25) is 0 Å². The van der Waals surface area contributed by atoms with Crippen molar-refractivity contribution in [3.8, 4) is 0 Å². The third-order valence-electron chi connectivity index (χ3n) is 5.61. The molecule has 1 aromatic carbocycles. The molecule has 0 bridgehead atoms. The van der Waals surface area contributed by atoms with Gasteiger partial charge in [0, 0.05) is 45.2 Å². The average molecular weight is 394 g/mol. The molecule has 1 saturated carbocycles. The summed E-state index contributed by atoms with van der Waals surface area (Å²) in [4.78, 5) is 14.4. The van der Waals surface area contributed by atoms with Crippen molar-refractivity contribution >= 4 is 15.9 Å². The minimum Gasteiger partial charge on any atom is -0.355 e. The normalized spacial score (nSPS) is 20.4. The lowest BCUT2D eigenvalue weighted by Gasteiger charge is -2.34. The van der Waals surface area contributed by atoms with Gasteiger partial charge in [0.25, 0.3) is 0 Å². The number of sulfonamides is 1. The van der Waals surface area contributed by atoms with Crippen LogP contribution in [0.3, 0.4) is 0 Å². The summed E-state index contributed by atoms with van der Waals surface area (Å²) >= 11 is 0. The highest BCUT2D eigenvalue weighted by atomic mass is 32.2. The van der Waals surface area contributed by atoms with Gasteiger partial charge >= 0.3 is 0 Å². The molecule has 6 nitrogen and oxygen atoms in total. The van der Waals surface area contributed by atoms with E-state index in [1.165, 1.54) is 12.0 Å². The standard InChI is InChI=1S/C20H31N3O3S/c24-20(19-9-5-2-6-10-19)21-11-16-27(25,26)23-14-12-22(13-15-23)17-18-7-3-1-4-8-18/h1,3-4,7-8,19H,2,5-6,9-17H2,(H,21,24). The maximum atomic E-state index is 12.6. The predicted octanol–water partition coefficient (Wildman–Crippen LogP) is 1.83. The Kier molecular flexibility index (Phi) is 7.26. The number of nitrogens with zero attached hydrogens (tertiary/aromatic N) is 2. The van der Waals surface area contributed by atoms with Gasteiger partial charge < -0.3 is 5.32 Å². The van der Waals surface area contributed by atoms with E-state index < -0.39 is 10.0 Å². The number of hydrogen-bond acceptors (Lipinski definition) is 4. The molecule has 1 N–H and O–H groups in total. The Morgan fingerprint density at radius 2 is 1.67 bits per heavy atom. The van der Waals surface area contributed by atoms with E-state index in [1.807, 2.05) is 18.2 Å². The second kappa shape index (κ2) is 9.66. The van der Waals surface area contributed by atoms with Crippen LogP contribution in [0.25, 0.3) is 0 Å². The molecule has 0 radical (unpaired) electrons. The SMILES string of the molecule is O=C(NCCS(=O)(=O)N1CCN(Cc2ccccc2)CC1)C1CCCCC1. The molecule has 150 valence electrons. The van der Waals surface area contributed by atoms with Crippen LogP contribution in [0.5, 0.6) is 0 Å². The fraction of sp³-hybridized carbons (Fsp3) is 0.650. The Labute approximate surface area is 163 Å². The van der Waals surface area contributed by atoms with Crippen LogP contribution >= 0.6 is 0 Å². The summed E-state index contributed by atoms with van der Waals surface area (Å²) in [6.07, 6.45) is 5.27. The molecule has 2 aliphatic rings. The van der Waals surface area contributed by atoms with Crippen LogP contribution in [-0.4, -0.2) is 62.0 Å². The monoisotopic (exact) mass is 393 g/mol. The highest BCUT2D eigenvalue weighted by Crippen LogP contribution is 2.23. The molecule has 1 amide bonds. The molecular formula is C20H31N3O3S. The van der Waals surface area contributed by atoms with Crippen LogP contribution in [0, 0.1) is 5.92 Å². The van der Waals surface area contributed by atoms with Gasteiger partial charge in [0.2, 0.25) is 15.9 Å². The Balaban J connectivity index is 1.39. The lowest BCUT2D eigenvalue weighted by atomic mass is 9.89. The quantitative estimate of drug-likeness (QED) is 0.767. The number of nitrogens with one attached hydrogen (secondary N) is 1. The summed E-state index contributed by atoms with van der Waals surface area (Å²) in [5.74, 6) is 0.0880. The van der Waals surface area contributed by atoms with Crippen molar-refractivity contribution in [2.45, 2.75) is 38.6 Å². The maximum absolute atomic E-state index is 12.6. The number of amides is 1. The van der Waals surface area contributed by atoms with Gasteiger partial charge in [0.1, 0.15) is 0 Å². The number of carbonyl (C=O) groups is 1. The molecule has 0 atom stereocenters. The summed E-state index contributed by atoms with van der Waals surface area (Å²) in [5.41, 5.74) is 1.25. The molecule has 1 heterocycles. The summed E-state index contributed by atoms with van der Waals surface area (Å²) in [6.45, 7) is 3.58. The molecule has 0 aromatic heterocycles. The summed E-state index contributed by atoms with van der Waals surface area (Å²) < 4.78 is 26.7. The zero-order chi connectivity index (χ0) is 19.1. The highest BCUT2D eigenvalue weighted by molar-refractivity contribution is 7.89. The lowest BCUT2D eigenvalue weighted by Crippen LogP contribution is -2.49. The van der Waals surface area contributed by atoms with Crippen molar-refractivity contribution in [1.29, 1.82) is 0 Å². The Bertz CT molecular complexity index is 694. The zero-order valence-electron chi connectivity index (χ0n) is 16.0. The molecule has 1 aromatic rings. The van der Waals surface area contributed by atoms with Crippen molar-refractivity contribution < 1.29 is 13.2 Å². The average Bonchev–Trinajstić information content (AvgIpc) is 2.70. The van der Waals surface area contributed by atoms with Crippen molar-refractivity contribution in [2.75, 3.05) is 38.5 Å². The van der Waals surface area contributed by atoms with E-state index in [4.69, 9.17) is 0 Å². The number of rotatable bonds is 7. The van der Waals surface area contributed by atoms with Crippen molar-refractivity contribution in [3.05, 3.63) is 35.9 Å². The Hall–Kier alpha value is -1.44. The molecule has 2 fully saturated rings. The number of hydrogen-bond donors (Lipinski definition) is 1. The zero-order valence-corrected chi connectivity index (χ0v) is 16.8. The second-order valence-electron chi connectivity index (χ2n) is 7.60. The number of carbonyl (C=O) groups excluding carboxylic acids is 1. The maximum Gasteiger partial charge on any atom is 0.223 e. The second-order valence-corrected chi connectivity index (χ2v) is 9.69. The lowest BCUT2D eigenvalue weighted by molar-refractivity contribution is -0.125. The van der Waals surface area contributed by atoms with Crippen molar-refractivity contribution in [2.24, 2.45) is 5.92 Å². The fourth-order valence-electron chi connectivity index (χ4n) is 3.95. The first kappa shape index (κ1) is 20.3. The smallest absolute Gasteiger partial charge is 0.223 e. The molecule has 27 heavy (non-hydrogen) atoms. The van der Waals surface area contributed by atoms with Gasteiger partial charge in [0.05, 0.1) is 5.75 Å². The Morgan fingerprint density at radius 3 is 2.33 bits per heavy atom. The number of benzene rings is 1. The summed E-state index contributed by atoms with van der Waals surface area (Å²) in [7, 11) is -3.31. The van der Waals surface area contributed by atoms with E-state index in [2.05, 4.69) is 22.3 Å². The van der Waals surface area contributed by atoms with E-state index in [0.717, 1.165) is 45.3 Å². The van der Waals surface area contributed by atoms with Crippen LogP contribution in [0.1, 0.15) is 37.7 Å². The van der Waals surface area contributed by atoms with Crippen molar-refractivity contribution in [3.63, 3.8) is 0 Å². The minimum atomic E-state index is -3.31. The molecule has 1 aliphatic carbocycles. The van der Waals surface area contributed by atoms with E-state index in [1.54, 1.807) is 4.31 Å². The van der Waals surface area contributed by atoms with Gasteiger partial charge in [0.15, 0.2) is 0 Å². The molecule has 3 rings (SSSR count). The number of piperazine rings is 1. The van der Waals surface area contributed by atoms with E-state index in [9.17, 15) is 13.2 Å². The fourth-order valence-corrected chi connectivity index (χ4v) is 5.29. The molecule has 7 heteroatoms. The highest BCUT2D eigenvalue weighted by Gasteiger charge is 2.27. The van der Waals surface area contributed by atoms with E-state index >= 15 is 0 Å². The van der Waals surface area contributed by atoms with Gasteiger partial charge in [-0.2, -0.15) is 4.31 Å². The summed E-state index contributed by atoms with van der Waals surface area (Å²) in [5, 5.41) is 2.83. The third-order valence-corrected chi connectivity index (χ3v) is 7.48. The van der Waals surface area contributed by atoms with Gasteiger partial charge in [-0.3, -0.25) is 9.69 Å². The molecule has 0 spiro atoms. The Morgan fingerprint density at radius 1 is 1.00 bits per heavy atom. The first-order valence-corrected chi connectivity index (χ1v) is 11.7. The van der Waals surface area contributed by atoms with Gasteiger partial charge in [-0.05, 0) is 18.4 Å². The van der Waals surface area contributed by atoms with Gasteiger partial charge in [-0.15, -0.1) is 0 Å². The minimum absolute atomic E-state index is 0.00978. The largest absolute Gasteiger partial charge is 0.355 e. The summed E-state index contributed by atoms with van der Waals surface area (Å²) in [6, 6.07) is 10.2. The van der Waals surface area contributed by atoms with Crippen LogP contribution in [0.15, 0.2) is 30.3 Å². The molecule has 1 saturated heterocycles. The molecule has 1 aliphatic heterocycles. The topological polar surface area (TPSA) is 69.7 Å². The molecule has 0 unspecified atom stereocenters. The predicted molar refractivity (Wildman–Crippen MR) is 107 cm³/mol. The first-order chi connectivity index (χ1) is 13.0.